The zero-order valence-electron chi connectivity index (χ0n) is 17.8. The van der Waals surface area contributed by atoms with Gasteiger partial charge in [0.1, 0.15) is 11.4 Å². The second-order valence-electron chi connectivity index (χ2n) is 8.48. The molecule has 32 heavy (non-hydrogen) atoms. The van der Waals surface area contributed by atoms with Crippen LogP contribution in [-0.2, 0) is 6.18 Å². The average Bonchev–Trinajstić information content (AvgIpc) is 2.65. The summed E-state index contributed by atoms with van der Waals surface area (Å²) in [5.41, 5.74) is 0.206. The molecular weight excluding hydrogens is 421 g/mol. The largest absolute Gasteiger partial charge is 0.433 e. The molecule has 0 aliphatic carbocycles. The molecule has 3 aromatic rings. The molecule has 1 saturated heterocycles. The van der Waals surface area contributed by atoms with Gasteiger partial charge in [0.25, 0.3) is 0 Å². The zero-order chi connectivity index (χ0) is 22.9. The maximum absolute atomic E-state index is 13.1. The van der Waals surface area contributed by atoms with Crippen molar-refractivity contribution in [1.82, 2.24) is 30.2 Å². The standard InChI is InChI=1S/C21H23F3N8/c1-20(2,3)32-19-30-17(14-5-4-6-16(28-14)21(22,23)24)29-18(31-19)27-12-7-9-26-15(11-12)13-8-10-25-13/h4-7,9,11,13,25H,8,10H2,1-3H3,(H2,26,27,29,30,31,32). The third-order valence-corrected chi connectivity index (χ3v) is 4.61. The number of nitrogens with zero attached hydrogens (tertiary/aromatic N) is 5. The van der Waals surface area contributed by atoms with Crippen LogP contribution in [0.1, 0.15) is 44.6 Å². The normalized spacial score (nSPS) is 16.4. The molecule has 0 bridgehead atoms. The van der Waals surface area contributed by atoms with Gasteiger partial charge in [-0.15, -0.1) is 0 Å². The van der Waals surface area contributed by atoms with Crippen LogP contribution in [0.15, 0.2) is 36.5 Å². The van der Waals surface area contributed by atoms with Crippen molar-refractivity contribution in [3.63, 3.8) is 0 Å². The zero-order valence-corrected chi connectivity index (χ0v) is 17.8. The topological polar surface area (TPSA) is 101 Å². The minimum Gasteiger partial charge on any atom is -0.349 e. The van der Waals surface area contributed by atoms with Crippen molar-refractivity contribution in [2.45, 2.75) is 44.9 Å². The third kappa shape index (κ3) is 5.28. The first-order valence-electron chi connectivity index (χ1n) is 10.1. The molecule has 0 aromatic carbocycles. The van der Waals surface area contributed by atoms with Crippen LogP contribution in [0.5, 0.6) is 0 Å². The number of hydrogen-bond donors (Lipinski definition) is 3. The van der Waals surface area contributed by atoms with E-state index in [0.29, 0.717) is 5.69 Å². The second-order valence-corrected chi connectivity index (χ2v) is 8.48. The van der Waals surface area contributed by atoms with E-state index in [2.05, 4.69) is 40.9 Å². The Labute approximate surface area is 183 Å². The van der Waals surface area contributed by atoms with Gasteiger partial charge >= 0.3 is 6.18 Å². The summed E-state index contributed by atoms with van der Waals surface area (Å²) in [6.45, 7) is 6.72. The summed E-state index contributed by atoms with van der Waals surface area (Å²) in [7, 11) is 0. The molecule has 1 aliphatic rings. The highest BCUT2D eigenvalue weighted by Gasteiger charge is 2.32. The van der Waals surface area contributed by atoms with Crippen LogP contribution in [0.3, 0.4) is 0 Å². The fourth-order valence-corrected chi connectivity index (χ4v) is 3.04. The van der Waals surface area contributed by atoms with E-state index in [1.54, 1.807) is 12.3 Å². The molecule has 3 aromatic heterocycles. The van der Waals surface area contributed by atoms with E-state index < -0.39 is 11.9 Å². The van der Waals surface area contributed by atoms with E-state index >= 15 is 0 Å². The van der Waals surface area contributed by atoms with Crippen molar-refractivity contribution >= 4 is 17.6 Å². The Morgan fingerprint density at radius 2 is 1.75 bits per heavy atom. The number of hydrogen-bond acceptors (Lipinski definition) is 8. The molecule has 0 radical (unpaired) electrons. The number of aromatic nitrogens is 5. The molecule has 1 atom stereocenters. The second kappa shape index (κ2) is 8.30. The van der Waals surface area contributed by atoms with Gasteiger partial charge in [0.2, 0.25) is 11.9 Å². The van der Waals surface area contributed by atoms with Gasteiger partial charge in [0.05, 0.1) is 11.7 Å². The quantitative estimate of drug-likeness (QED) is 0.535. The molecule has 1 unspecified atom stereocenters. The van der Waals surface area contributed by atoms with Crippen LogP contribution in [-0.4, -0.2) is 37.0 Å². The molecule has 0 saturated carbocycles. The molecule has 168 valence electrons. The lowest BCUT2D eigenvalue weighted by molar-refractivity contribution is -0.141. The first-order chi connectivity index (χ1) is 15.1. The van der Waals surface area contributed by atoms with E-state index in [4.69, 9.17) is 0 Å². The van der Waals surface area contributed by atoms with Crippen molar-refractivity contribution < 1.29 is 13.2 Å². The van der Waals surface area contributed by atoms with Gasteiger partial charge in [-0.1, -0.05) is 6.07 Å². The summed E-state index contributed by atoms with van der Waals surface area (Å²) >= 11 is 0. The fourth-order valence-electron chi connectivity index (χ4n) is 3.04. The van der Waals surface area contributed by atoms with E-state index in [1.165, 1.54) is 12.1 Å². The van der Waals surface area contributed by atoms with E-state index in [9.17, 15) is 13.2 Å². The molecule has 8 nitrogen and oxygen atoms in total. The number of alkyl halides is 3. The van der Waals surface area contributed by atoms with Gasteiger partial charge in [-0.2, -0.15) is 28.1 Å². The maximum atomic E-state index is 13.1. The maximum Gasteiger partial charge on any atom is 0.433 e. The lowest BCUT2D eigenvalue weighted by Crippen LogP contribution is -2.35. The smallest absolute Gasteiger partial charge is 0.349 e. The van der Waals surface area contributed by atoms with Crippen LogP contribution < -0.4 is 16.0 Å². The summed E-state index contributed by atoms with van der Waals surface area (Å²) in [5.74, 6) is 0.425. The van der Waals surface area contributed by atoms with Crippen molar-refractivity contribution in [2.75, 3.05) is 17.2 Å². The molecule has 0 spiro atoms. The summed E-state index contributed by atoms with van der Waals surface area (Å²) in [6, 6.07) is 7.48. The summed E-state index contributed by atoms with van der Waals surface area (Å²) in [5, 5.41) is 9.54. The molecule has 4 rings (SSSR count). The minimum atomic E-state index is -4.57. The number of pyridine rings is 2. The highest BCUT2D eigenvalue weighted by atomic mass is 19.4. The number of nitrogens with one attached hydrogen (secondary N) is 3. The Balaban J connectivity index is 1.70. The molecule has 3 N–H and O–H groups in total. The van der Waals surface area contributed by atoms with Crippen molar-refractivity contribution in [3.05, 3.63) is 47.9 Å². The Bertz CT molecular complexity index is 1110. The average molecular weight is 444 g/mol. The molecule has 1 aliphatic heterocycles. The van der Waals surface area contributed by atoms with Crippen LogP contribution in [0, 0.1) is 0 Å². The Morgan fingerprint density at radius 1 is 1.00 bits per heavy atom. The fraction of sp³-hybridized carbons (Fsp3) is 0.381. The first kappa shape index (κ1) is 21.9. The Kier molecular flexibility index (Phi) is 5.68. The number of rotatable bonds is 5. The third-order valence-electron chi connectivity index (χ3n) is 4.61. The first-order valence-corrected chi connectivity index (χ1v) is 10.1. The summed E-state index contributed by atoms with van der Waals surface area (Å²) in [4.78, 5) is 21.1. The summed E-state index contributed by atoms with van der Waals surface area (Å²) < 4.78 is 39.4. The highest BCUT2D eigenvalue weighted by molar-refractivity contribution is 5.59. The number of halogens is 3. The van der Waals surface area contributed by atoms with Gasteiger partial charge in [-0.25, -0.2) is 4.98 Å². The van der Waals surface area contributed by atoms with Crippen LogP contribution in [0.4, 0.5) is 30.8 Å². The number of anilines is 3. The van der Waals surface area contributed by atoms with Crippen molar-refractivity contribution in [1.29, 1.82) is 0 Å². The minimum absolute atomic E-state index is 0.00341. The van der Waals surface area contributed by atoms with Gasteiger partial charge < -0.3 is 16.0 Å². The molecule has 11 heteroatoms. The SMILES string of the molecule is CC(C)(C)Nc1nc(Nc2ccnc(C3CCN3)c2)nc(-c2cccc(C(F)(F)F)n2)n1. The van der Waals surface area contributed by atoms with Gasteiger partial charge in [-0.3, -0.25) is 4.98 Å². The van der Waals surface area contributed by atoms with Gasteiger partial charge in [0, 0.05) is 17.4 Å². The van der Waals surface area contributed by atoms with Crippen LogP contribution in [0.2, 0.25) is 0 Å². The predicted molar refractivity (Wildman–Crippen MR) is 114 cm³/mol. The van der Waals surface area contributed by atoms with Crippen LogP contribution in [0.25, 0.3) is 11.5 Å². The van der Waals surface area contributed by atoms with Crippen LogP contribution >= 0.6 is 0 Å². The molecule has 4 heterocycles. The lowest BCUT2D eigenvalue weighted by Gasteiger charge is -2.27. The Morgan fingerprint density at radius 3 is 2.41 bits per heavy atom. The van der Waals surface area contributed by atoms with E-state index in [1.807, 2.05) is 26.8 Å². The van der Waals surface area contributed by atoms with Crippen molar-refractivity contribution in [3.8, 4) is 11.5 Å². The monoisotopic (exact) mass is 444 g/mol. The highest BCUT2D eigenvalue weighted by Crippen LogP contribution is 2.29. The summed E-state index contributed by atoms with van der Waals surface area (Å²) in [6.07, 6.45) is -1.88. The molecule has 1 fully saturated rings. The van der Waals surface area contributed by atoms with E-state index in [-0.39, 0.29) is 35.0 Å². The van der Waals surface area contributed by atoms with Gasteiger partial charge in [-0.05, 0) is 58.0 Å². The van der Waals surface area contributed by atoms with E-state index in [0.717, 1.165) is 24.7 Å². The Hall–Kier alpha value is -3.34. The van der Waals surface area contributed by atoms with Gasteiger partial charge in [0.15, 0.2) is 5.82 Å². The van der Waals surface area contributed by atoms with Crippen molar-refractivity contribution in [2.24, 2.45) is 0 Å². The molecule has 0 amide bonds. The lowest BCUT2D eigenvalue weighted by atomic mass is 10.0. The molecular formula is C21H23F3N8. The predicted octanol–water partition coefficient (Wildman–Crippen LogP) is 4.34.